The molecule has 2 amide bonds. The Balaban J connectivity index is 1.91. The molecule has 0 bridgehead atoms. The van der Waals surface area contributed by atoms with E-state index in [1.807, 2.05) is 0 Å². The Morgan fingerprint density at radius 3 is 2.45 bits per heavy atom. The molecule has 0 radical (unpaired) electrons. The first-order valence-corrected chi connectivity index (χ1v) is 6.49. The van der Waals surface area contributed by atoms with Crippen molar-refractivity contribution in [2.75, 3.05) is 26.2 Å². The van der Waals surface area contributed by atoms with Crippen molar-refractivity contribution in [2.24, 2.45) is 5.16 Å². The minimum atomic E-state index is -1.17. The highest BCUT2D eigenvalue weighted by Crippen LogP contribution is 2.15. The van der Waals surface area contributed by atoms with Crippen LogP contribution in [0.4, 0.5) is 0 Å². The summed E-state index contributed by atoms with van der Waals surface area (Å²) in [6, 6.07) is 0. The normalized spacial score (nSPS) is 22.9. The Bertz CT molecular complexity index is 462. The van der Waals surface area contributed by atoms with Crippen molar-refractivity contribution in [3.05, 3.63) is 0 Å². The topological polar surface area (TPSA) is 99.5 Å². The summed E-state index contributed by atoms with van der Waals surface area (Å²) in [4.78, 5) is 42.5. The molecule has 1 fully saturated rings. The van der Waals surface area contributed by atoms with Gasteiger partial charge in [-0.3, -0.25) is 9.59 Å². The minimum Gasteiger partial charge on any atom is -0.477 e. The summed E-state index contributed by atoms with van der Waals surface area (Å²) in [5.74, 6) is -1.44. The van der Waals surface area contributed by atoms with Crippen LogP contribution < -0.4 is 0 Å². The molecule has 0 aromatic rings. The Kier molecular flexibility index (Phi) is 4.21. The maximum atomic E-state index is 12.2. The van der Waals surface area contributed by atoms with Crippen molar-refractivity contribution in [1.29, 1.82) is 0 Å². The summed E-state index contributed by atoms with van der Waals surface area (Å²) in [7, 11) is 0. The lowest BCUT2D eigenvalue weighted by Crippen LogP contribution is -2.42. The molecule has 20 heavy (non-hydrogen) atoms. The zero-order valence-electron chi connectivity index (χ0n) is 11.2. The summed E-state index contributed by atoms with van der Waals surface area (Å²) in [6.45, 7) is 3.58. The fourth-order valence-corrected chi connectivity index (χ4v) is 2.29. The van der Waals surface area contributed by atoms with Crippen LogP contribution in [-0.4, -0.2) is 70.7 Å². The maximum Gasteiger partial charge on any atom is 0.353 e. The molecular formula is C12H17N3O5. The first kappa shape index (κ1) is 14.3. The van der Waals surface area contributed by atoms with Gasteiger partial charge in [-0.1, -0.05) is 5.16 Å². The average molecular weight is 283 g/mol. The highest BCUT2D eigenvalue weighted by molar-refractivity contribution is 6.36. The summed E-state index contributed by atoms with van der Waals surface area (Å²) in [5.41, 5.74) is -0.136. The molecule has 1 unspecified atom stereocenters. The molecule has 0 aromatic heterocycles. The van der Waals surface area contributed by atoms with Gasteiger partial charge in [-0.25, -0.2) is 4.79 Å². The zero-order valence-corrected chi connectivity index (χ0v) is 11.2. The van der Waals surface area contributed by atoms with Crippen LogP contribution in [0.15, 0.2) is 5.16 Å². The SMILES string of the molecule is CC(=O)N1CCCN(C(=O)C2CC(C(=O)O)=NO2)CC1. The number of hydrogen-bond donors (Lipinski definition) is 1. The van der Waals surface area contributed by atoms with Gasteiger partial charge in [0.1, 0.15) is 0 Å². The van der Waals surface area contributed by atoms with E-state index in [1.165, 1.54) is 6.92 Å². The molecule has 1 atom stereocenters. The van der Waals surface area contributed by atoms with Crippen LogP contribution in [0.1, 0.15) is 19.8 Å². The maximum absolute atomic E-state index is 12.2. The van der Waals surface area contributed by atoms with Gasteiger partial charge < -0.3 is 19.7 Å². The van der Waals surface area contributed by atoms with E-state index in [4.69, 9.17) is 9.94 Å². The van der Waals surface area contributed by atoms with Gasteiger partial charge in [-0.05, 0) is 6.42 Å². The van der Waals surface area contributed by atoms with E-state index in [1.54, 1.807) is 9.80 Å². The third-order valence-electron chi connectivity index (χ3n) is 3.44. The molecule has 8 heteroatoms. The number of amides is 2. The number of aliphatic carboxylic acids is 1. The fourth-order valence-electron chi connectivity index (χ4n) is 2.29. The first-order valence-electron chi connectivity index (χ1n) is 6.49. The van der Waals surface area contributed by atoms with E-state index >= 15 is 0 Å². The monoisotopic (exact) mass is 283 g/mol. The van der Waals surface area contributed by atoms with Gasteiger partial charge >= 0.3 is 5.97 Å². The Morgan fingerprint density at radius 2 is 1.85 bits per heavy atom. The van der Waals surface area contributed by atoms with Gasteiger partial charge in [0.25, 0.3) is 5.91 Å². The van der Waals surface area contributed by atoms with Crippen molar-refractivity contribution < 1.29 is 24.3 Å². The van der Waals surface area contributed by atoms with Crippen LogP contribution in [0.3, 0.4) is 0 Å². The summed E-state index contributed by atoms with van der Waals surface area (Å²) in [6.07, 6.45) is -0.170. The van der Waals surface area contributed by atoms with E-state index in [2.05, 4.69) is 5.16 Å². The van der Waals surface area contributed by atoms with Gasteiger partial charge in [-0.15, -0.1) is 0 Å². The lowest BCUT2D eigenvalue weighted by atomic mass is 10.1. The lowest BCUT2D eigenvalue weighted by Gasteiger charge is -2.23. The lowest BCUT2D eigenvalue weighted by molar-refractivity contribution is -0.142. The van der Waals surface area contributed by atoms with Gasteiger partial charge in [0.15, 0.2) is 5.71 Å². The van der Waals surface area contributed by atoms with E-state index in [9.17, 15) is 14.4 Å². The number of carboxylic acids is 1. The van der Waals surface area contributed by atoms with E-state index in [0.717, 1.165) is 0 Å². The number of carbonyl (C=O) groups is 3. The second kappa shape index (κ2) is 5.89. The first-order chi connectivity index (χ1) is 9.49. The minimum absolute atomic E-state index is 0.00656. The second-order valence-electron chi connectivity index (χ2n) is 4.83. The predicted octanol–water partition coefficient (Wildman–Crippen LogP) is -0.703. The van der Waals surface area contributed by atoms with Gasteiger partial charge in [0, 0.05) is 39.5 Å². The molecule has 110 valence electrons. The largest absolute Gasteiger partial charge is 0.477 e. The van der Waals surface area contributed by atoms with Crippen molar-refractivity contribution >= 4 is 23.5 Å². The molecule has 1 saturated heterocycles. The number of nitrogens with zero attached hydrogens (tertiary/aromatic N) is 3. The molecule has 0 saturated carbocycles. The van der Waals surface area contributed by atoms with E-state index in [0.29, 0.717) is 32.6 Å². The quantitative estimate of drug-likeness (QED) is 0.722. The third-order valence-corrected chi connectivity index (χ3v) is 3.44. The third kappa shape index (κ3) is 3.06. The smallest absolute Gasteiger partial charge is 0.353 e. The molecule has 0 aliphatic carbocycles. The molecule has 2 aliphatic rings. The van der Waals surface area contributed by atoms with E-state index < -0.39 is 12.1 Å². The summed E-state index contributed by atoms with van der Waals surface area (Å²) < 4.78 is 0. The molecule has 2 rings (SSSR count). The van der Waals surface area contributed by atoms with Crippen molar-refractivity contribution in [3.63, 3.8) is 0 Å². The van der Waals surface area contributed by atoms with Crippen LogP contribution in [0, 0.1) is 0 Å². The molecule has 0 aromatic carbocycles. The number of carbonyl (C=O) groups excluding carboxylic acids is 2. The Labute approximate surface area is 116 Å². The van der Waals surface area contributed by atoms with Crippen LogP contribution in [0.2, 0.25) is 0 Å². The summed E-state index contributed by atoms with van der Waals surface area (Å²) in [5, 5.41) is 12.2. The van der Waals surface area contributed by atoms with Crippen LogP contribution in [0.5, 0.6) is 0 Å². The van der Waals surface area contributed by atoms with Crippen LogP contribution in [-0.2, 0) is 19.2 Å². The Hall–Kier alpha value is -2.12. The van der Waals surface area contributed by atoms with Crippen molar-refractivity contribution in [2.45, 2.75) is 25.9 Å². The average Bonchev–Trinajstić information content (AvgIpc) is 2.76. The van der Waals surface area contributed by atoms with Gasteiger partial charge in [0.05, 0.1) is 0 Å². The number of rotatable bonds is 2. The molecule has 1 N–H and O–H groups in total. The van der Waals surface area contributed by atoms with E-state index in [-0.39, 0.29) is 23.9 Å². The van der Waals surface area contributed by atoms with Crippen LogP contribution in [0.25, 0.3) is 0 Å². The van der Waals surface area contributed by atoms with Crippen LogP contribution >= 0.6 is 0 Å². The number of hydrogen-bond acceptors (Lipinski definition) is 5. The van der Waals surface area contributed by atoms with Gasteiger partial charge in [-0.2, -0.15) is 0 Å². The zero-order chi connectivity index (χ0) is 14.7. The summed E-state index contributed by atoms with van der Waals surface area (Å²) >= 11 is 0. The number of carboxylic acid groups (broad SMARTS) is 1. The standard InChI is InChI=1S/C12H17N3O5/c1-8(16)14-3-2-4-15(6-5-14)11(17)10-7-9(12(18)19)13-20-10/h10H,2-7H2,1H3,(H,18,19). The highest BCUT2D eigenvalue weighted by Gasteiger charge is 2.35. The molecule has 2 aliphatic heterocycles. The molecule has 2 heterocycles. The van der Waals surface area contributed by atoms with Gasteiger partial charge in [0.2, 0.25) is 12.0 Å². The molecule has 0 spiro atoms. The number of oxime groups is 1. The highest BCUT2D eigenvalue weighted by atomic mass is 16.6. The van der Waals surface area contributed by atoms with Crippen molar-refractivity contribution in [3.8, 4) is 0 Å². The predicted molar refractivity (Wildman–Crippen MR) is 68.0 cm³/mol. The molecular weight excluding hydrogens is 266 g/mol. The fraction of sp³-hybridized carbons (Fsp3) is 0.667. The molecule has 8 nitrogen and oxygen atoms in total. The Morgan fingerprint density at radius 1 is 1.20 bits per heavy atom. The van der Waals surface area contributed by atoms with Crippen molar-refractivity contribution in [1.82, 2.24) is 9.80 Å². The second-order valence-corrected chi connectivity index (χ2v) is 4.83.